The smallest absolute Gasteiger partial charge is 0.224 e. The summed E-state index contributed by atoms with van der Waals surface area (Å²) in [6.07, 6.45) is 3.02. The fraction of sp³-hybridized carbons (Fsp3) is 0.429. The lowest BCUT2D eigenvalue weighted by atomic mass is 9.82. The van der Waals surface area contributed by atoms with Crippen molar-refractivity contribution >= 4 is 23.2 Å². The van der Waals surface area contributed by atoms with Gasteiger partial charge in [-0.3, -0.25) is 9.59 Å². The second kappa shape index (κ2) is 7.35. The summed E-state index contributed by atoms with van der Waals surface area (Å²) in [6, 6.07) is 9.80. The molecule has 1 spiro atoms. The first-order valence-electron chi connectivity index (χ1n) is 9.37. The minimum Gasteiger partial charge on any atom is -0.487 e. The van der Waals surface area contributed by atoms with E-state index in [1.54, 1.807) is 16.2 Å². The van der Waals surface area contributed by atoms with Crippen molar-refractivity contribution in [3.05, 3.63) is 52.2 Å². The summed E-state index contributed by atoms with van der Waals surface area (Å²) in [6.45, 7) is 0.677. The van der Waals surface area contributed by atoms with E-state index in [0.717, 1.165) is 23.3 Å². The van der Waals surface area contributed by atoms with Gasteiger partial charge in [0.2, 0.25) is 11.8 Å². The van der Waals surface area contributed by atoms with Crippen LogP contribution in [0.3, 0.4) is 0 Å². The Morgan fingerprint density at radius 1 is 1.33 bits per heavy atom. The Bertz CT molecular complexity index is 836. The fourth-order valence-corrected chi connectivity index (χ4v) is 4.69. The molecular weight excluding hydrogens is 360 g/mol. The van der Waals surface area contributed by atoms with Crippen LogP contribution >= 0.6 is 11.3 Å². The minimum absolute atomic E-state index is 0.0204. The van der Waals surface area contributed by atoms with Crippen molar-refractivity contribution in [2.75, 3.05) is 13.6 Å². The Morgan fingerprint density at radius 2 is 2.19 bits per heavy atom. The molecule has 0 aliphatic carbocycles. The first kappa shape index (κ1) is 18.0. The molecular formula is C21H24N2O3S. The summed E-state index contributed by atoms with van der Waals surface area (Å²) >= 11 is 1.60. The van der Waals surface area contributed by atoms with Crippen molar-refractivity contribution in [2.24, 2.45) is 0 Å². The SMILES string of the molecule is CN1CC[C@@]2(CCC1=O)C[C@H](NC(=O)Cc1ccsc1)c1ccccc1O2. The van der Waals surface area contributed by atoms with Gasteiger partial charge in [0, 0.05) is 38.4 Å². The molecule has 27 heavy (non-hydrogen) atoms. The van der Waals surface area contributed by atoms with Gasteiger partial charge >= 0.3 is 0 Å². The summed E-state index contributed by atoms with van der Waals surface area (Å²) in [5, 5.41) is 7.21. The Kier molecular flexibility index (Phi) is 4.91. The lowest BCUT2D eigenvalue weighted by molar-refractivity contribution is -0.129. The van der Waals surface area contributed by atoms with Gasteiger partial charge in [-0.2, -0.15) is 11.3 Å². The van der Waals surface area contributed by atoms with Gasteiger partial charge in [0.25, 0.3) is 0 Å². The van der Waals surface area contributed by atoms with Gasteiger partial charge in [-0.05, 0) is 34.9 Å². The van der Waals surface area contributed by atoms with E-state index in [9.17, 15) is 9.59 Å². The van der Waals surface area contributed by atoms with Crippen LogP contribution in [0, 0.1) is 0 Å². The summed E-state index contributed by atoms with van der Waals surface area (Å²) in [4.78, 5) is 26.5. The van der Waals surface area contributed by atoms with Crippen molar-refractivity contribution in [1.82, 2.24) is 10.2 Å². The molecule has 3 heterocycles. The highest BCUT2D eigenvalue weighted by Gasteiger charge is 2.43. The quantitative estimate of drug-likeness (QED) is 0.883. The van der Waals surface area contributed by atoms with Gasteiger partial charge in [-0.15, -0.1) is 0 Å². The van der Waals surface area contributed by atoms with Crippen LogP contribution in [0.5, 0.6) is 5.75 Å². The molecule has 1 aromatic carbocycles. The zero-order valence-corrected chi connectivity index (χ0v) is 16.3. The van der Waals surface area contributed by atoms with Crippen LogP contribution in [-0.4, -0.2) is 35.9 Å². The normalized spacial score (nSPS) is 24.9. The monoisotopic (exact) mass is 384 g/mol. The van der Waals surface area contributed by atoms with Crippen LogP contribution < -0.4 is 10.1 Å². The minimum atomic E-state index is -0.408. The number of carbonyl (C=O) groups is 2. The Balaban J connectivity index is 1.56. The van der Waals surface area contributed by atoms with E-state index in [0.29, 0.717) is 32.2 Å². The molecule has 0 bridgehead atoms. The van der Waals surface area contributed by atoms with E-state index in [1.807, 2.05) is 48.1 Å². The zero-order valence-electron chi connectivity index (χ0n) is 15.4. The number of amides is 2. The highest BCUT2D eigenvalue weighted by molar-refractivity contribution is 7.08. The third-order valence-electron chi connectivity index (χ3n) is 5.60. The molecule has 5 nitrogen and oxygen atoms in total. The van der Waals surface area contributed by atoms with Crippen LogP contribution in [0.25, 0.3) is 0 Å². The number of fused-ring (bicyclic) bond motifs is 1. The lowest BCUT2D eigenvalue weighted by Crippen LogP contribution is -2.46. The molecule has 2 atom stereocenters. The molecule has 142 valence electrons. The van der Waals surface area contributed by atoms with Crippen molar-refractivity contribution < 1.29 is 14.3 Å². The number of hydrogen-bond acceptors (Lipinski definition) is 4. The molecule has 2 aliphatic rings. The molecule has 1 saturated heterocycles. The molecule has 6 heteroatoms. The van der Waals surface area contributed by atoms with Crippen LogP contribution in [-0.2, 0) is 16.0 Å². The predicted octanol–water partition coefficient (Wildman–Crippen LogP) is 3.31. The number of para-hydroxylation sites is 1. The zero-order chi connectivity index (χ0) is 18.9. The van der Waals surface area contributed by atoms with Gasteiger partial charge in [0.15, 0.2) is 0 Å². The Labute approximate surface area is 163 Å². The number of ether oxygens (including phenoxy) is 1. The summed E-state index contributed by atoms with van der Waals surface area (Å²) in [5.41, 5.74) is 1.65. The van der Waals surface area contributed by atoms with Crippen molar-refractivity contribution in [1.29, 1.82) is 0 Å². The molecule has 0 unspecified atom stereocenters. The van der Waals surface area contributed by atoms with E-state index in [-0.39, 0.29) is 17.9 Å². The molecule has 2 amide bonds. The molecule has 1 aromatic heterocycles. The van der Waals surface area contributed by atoms with Crippen LogP contribution in [0.4, 0.5) is 0 Å². The van der Waals surface area contributed by atoms with E-state index in [4.69, 9.17) is 4.74 Å². The third-order valence-corrected chi connectivity index (χ3v) is 6.33. The molecule has 1 fully saturated rings. The van der Waals surface area contributed by atoms with Gasteiger partial charge in [-0.25, -0.2) is 0 Å². The van der Waals surface area contributed by atoms with Gasteiger partial charge in [-0.1, -0.05) is 18.2 Å². The second-order valence-corrected chi connectivity index (χ2v) is 8.30. The second-order valence-electron chi connectivity index (χ2n) is 7.52. The van der Waals surface area contributed by atoms with Crippen molar-refractivity contribution in [3.63, 3.8) is 0 Å². The van der Waals surface area contributed by atoms with Crippen LogP contribution in [0.2, 0.25) is 0 Å². The predicted molar refractivity (Wildman–Crippen MR) is 105 cm³/mol. The summed E-state index contributed by atoms with van der Waals surface area (Å²) in [7, 11) is 1.85. The number of benzene rings is 1. The average Bonchev–Trinajstić information content (AvgIpc) is 3.12. The molecule has 0 saturated carbocycles. The number of nitrogens with one attached hydrogen (secondary N) is 1. The highest BCUT2D eigenvalue weighted by Crippen LogP contribution is 2.44. The Morgan fingerprint density at radius 3 is 3.00 bits per heavy atom. The van der Waals surface area contributed by atoms with Crippen molar-refractivity contribution in [2.45, 2.75) is 43.7 Å². The number of nitrogens with zero attached hydrogens (tertiary/aromatic N) is 1. The first-order chi connectivity index (χ1) is 13.0. The third kappa shape index (κ3) is 3.86. The molecule has 2 aliphatic heterocycles. The summed E-state index contributed by atoms with van der Waals surface area (Å²) < 4.78 is 6.43. The van der Waals surface area contributed by atoms with Crippen molar-refractivity contribution in [3.8, 4) is 5.75 Å². The highest BCUT2D eigenvalue weighted by atomic mass is 32.1. The summed E-state index contributed by atoms with van der Waals surface area (Å²) in [5.74, 6) is 1.00. The number of hydrogen-bond donors (Lipinski definition) is 1. The average molecular weight is 385 g/mol. The van der Waals surface area contributed by atoms with E-state index in [2.05, 4.69) is 5.32 Å². The van der Waals surface area contributed by atoms with Gasteiger partial charge < -0.3 is 15.0 Å². The molecule has 1 N–H and O–H groups in total. The van der Waals surface area contributed by atoms with Gasteiger partial charge in [0.1, 0.15) is 11.4 Å². The maximum atomic E-state index is 12.6. The number of thiophene rings is 1. The molecule has 0 radical (unpaired) electrons. The lowest BCUT2D eigenvalue weighted by Gasteiger charge is -2.42. The largest absolute Gasteiger partial charge is 0.487 e. The van der Waals surface area contributed by atoms with E-state index < -0.39 is 5.60 Å². The number of rotatable bonds is 3. The topological polar surface area (TPSA) is 58.6 Å². The number of carbonyl (C=O) groups excluding carboxylic acids is 2. The maximum absolute atomic E-state index is 12.6. The number of likely N-dealkylation sites (tertiary alicyclic amines) is 1. The van der Waals surface area contributed by atoms with E-state index in [1.165, 1.54) is 0 Å². The standard InChI is InChI=1S/C21H24N2O3S/c1-23-10-9-21(8-6-20(23)25)13-17(16-4-2-3-5-18(16)26-21)22-19(24)12-15-7-11-27-14-15/h2-5,7,11,14,17H,6,8-10,12-13H2,1H3,(H,22,24)/t17-,21-/m0/s1. The molecule has 4 rings (SSSR count). The fourth-order valence-electron chi connectivity index (χ4n) is 4.02. The molecule has 2 aromatic rings. The van der Waals surface area contributed by atoms with Crippen LogP contribution in [0.1, 0.15) is 42.9 Å². The van der Waals surface area contributed by atoms with E-state index >= 15 is 0 Å². The first-order valence-corrected chi connectivity index (χ1v) is 10.3. The van der Waals surface area contributed by atoms with Crippen LogP contribution in [0.15, 0.2) is 41.1 Å². The maximum Gasteiger partial charge on any atom is 0.224 e. The Hall–Kier alpha value is -2.34. The van der Waals surface area contributed by atoms with Gasteiger partial charge in [0.05, 0.1) is 12.5 Å².